The average molecular weight is 363 g/mol. The van der Waals surface area contributed by atoms with E-state index in [1.807, 2.05) is 36.4 Å². The van der Waals surface area contributed by atoms with E-state index in [1.165, 1.54) is 5.56 Å². The normalized spacial score (nSPS) is 10.2. The van der Waals surface area contributed by atoms with Crippen molar-refractivity contribution < 1.29 is 9.53 Å². The Balaban J connectivity index is 0.00000312. The van der Waals surface area contributed by atoms with Gasteiger partial charge in [0, 0.05) is 12.2 Å². The first kappa shape index (κ1) is 20.8. The van der Waals surface area contributed by atoms with E-state index >= 15 is 0 Å². The highest BCUT2D eigenvalue weighted by Crippen LogP contribution is 2.18. The zero-order valence-corrected chi connectivity index (χ0v) is 15.6. The molecular weight excluding hydrogens is 336 g/mol. The molecule has 2 aromatic carbocycles. The molecule has 0 aliphatic carbocycles. The zero-order valence-electron chi connectivity index (χ0n) is 14.8. The van der Waals surface area contributed by atoms with Crippen LogP contribution < -0.4 is 15.8 Å². The van der Waals surface area contributed by atoms with Crippen molar-refractivity contribution in [3.63, 3.8) is 0 Å². The second-order valence-corrected chi connectivity index (χ2v) is 6.16. The number of nitrogen functional groups attached to an aromatic ring is 1. The summed E-state index contributed by atoms with van der Waals surface area (Å²) in [5, 5.41) is 2.91. The molecule has 2 aromatic rings. The predicted octanol–water partition coefficient (Wildman–Crippen LogP) is 3.94. The number of amides is 1. The maximum atomic E-state index is 11.8. The van der Waals surface area contributed by atoms with Crippen molar-refractivity contribution in [2.24, 2.45) is 0 Å². The van der Waals surface area contributed by atoms with Crippen LogP contribution in [-0.4, -0.2) is 19.1 Å². The van der Waals surface area contributed by atoms with Crippen LogP contribution in [0.15, 0.2) is 48.5 Å². The molecule has 0 aliphatic rings. The molecular formula is C20H27ClN2O2. The van der Waals surface area contributed by atoms with Gasteiger partial charge in [0.05, 0.1) is 13.0 Å². The lowest BCUT2D eigenvalue weighted by Gasteiger charge is -2.09. The fourth-order valence-corrected chi connectivity index (χ4v) is 2.33. The van der Waals surface area contributed by atoms with E-state index in [0.29, 0.717) is 25.5 Å². The van der Waals surface area contributed by atoms with E-state index < -0.39 is 0 Å². The number of anilines is 1. The van der Waals surface area contributed by atoms with Crippen molar-refractivity contribution in [3.05, 3.63) is 59.7 Å². The summed E-state index contributed by atoms with van der Waals surface area (Å²) in [5.41, 5.74) is 8.84. The van der Waals surface area contributed by atoms with Crippen LogP contribution in [0.3, 0.4) is 0 Å². The molecule has 0 bridgehead atoms. The Kier molecular flexibility index (Phi) is 8.86. The number of hydrogen-bond acceptors (Lipinski definition) is 3. The molecule has 5 heteroatoms. The van der Waals surface area contributed by atoms with Crippen LogP contribution in [0.5, 0.6) is 5.75 Å². The summed E-state index contributed by atoms with van der Waals surface area (Å²) in [6.07, 6.45) is 1.15. The number of benzene rings is 2. The van der Waals surface area contributed by atoms with Gasteiger partial charge in [-0.1, -0.05) is 38.1 Å². The van der Waals surface area contributed by atoms with Crippen LogP contribution in [0.4, 0.5) is 5.69 Å². The summed E-state index contributed by atoms with van der Waals surface area (Å²) in [6, 6.07) is 15.7. The van der Waals surface area contributed by atoms with Gasteiger partial charge in [0.1, 0.15) is 5.75 Å². The van der Waals surface area contributed by atoms with Gasteiger partial charge >= 0.3 is 0 Å². The predicted molar refractivity (Wildman–Crippen MR) is 105 cm³/mol. The van der Waals surface area contributed by atoms with Crippen LogP contribution in [0.1, 0.15) is 37.3 Å². The molecule has 0 unspecified atom stereocenters. The Morgan fingerprint density at radius 3 is 2.32 bits per heavy atom. The molecule has 2 rings (SSSR count). The Hall–Kier alpha value is -2.20. The average Bonchev–Trinajstić information content (AvgIpc) is 2.57. The second kappa shape index (κ2) is 10.6. The summed E-state index contributed by atoms with van der Waals surface area (Å²) in [4.78, 5) is 11.8. The highest BCUT2D eigenvalue weighted by Gasteiger charge is 2.03. The topological polar surface area (TPSA) is 64.3 Å². The maximum Gasteiger partial charge on any atom is 0.223 e. The molecule has 25 heavy (non-hydrogen) atoms. The third kappa shape index (κ3) is 7.48. The van der Waals surface area contributed by atoms with E-state index in [4.69, 9.17) is 10.5 Å². The molecule has 0 aromatic heterocycles. The number of ether oxygens (including phenoxy) is 1. The standard InChI is InChI=1S/C20H26N2O2.ClH/c1-15(2)17-5-9-19(10-6-17)24-14-12-20(23)22-13-11-16-3-7-18(21)8-4-16;/h3-10,15H,11-14,21H2,1-2H3,(H,22,23);1H. The third-order valence-corrected chi connectivity index (χ3v) is 3.86. The molecule has 136 valence electrons. The van der Waals surface area contributed by atoms with Crippen LogP contribution >= 0.6 is 12.4 Å². The molecule has 0 atom stereocenters. The Morgan fingerprint density at radius 1 is 1.08 bits per heavy atom. The Bertz CT molecular complexity index is 640. The minimum Gasteiger partial charge on any atom is -0.493 e. The van der Waals surface area contributed by atoms with Crippen molar-refractivity contribution in [1.82, 2.24) is 5.32 Å². The smallest absolute Gasteiger partial charge is 0.223 e. The highest BCUT2D eigenvalue weighted by atomic mass is 35.5. The van der Waals surface area contributed by atoms with Gasteiger partial charge in [0.25, 0.3) is 0 Å². The van der Waals surface area contributed by atoms with Gasteiger partial charge in [-0.05, 0) is 47.7 Å². The van der Waals surface area contributed by atoms with Crippen LogP contribution in [0.25, 0.3) is 0 Å². The largest absolute Gasteiger partial charge is 0.493 e. The summed E-state index contributed by atoms with van der Waals surface area (Å²) < 4.78 is 5.61. The Morgan fingerprint density at radius 2 is 1.72 bits per heavy atom. The van der Waals surface area contributed by atoms with Crippen molar-refractivity contribution in [2.75, 3.05) is 18.9 Å². The lowest BCUT2D eigenvalue weighted by atomic mass is 10.0. The number of carbonyl (C=O) groups excluding carboxylic acids is 1. The third-order valence-electron chi connectivity index (χ3n) is 3.86. The fraction of sp³-hybridized carbons (Fsp3) is 0.350. The van der Waals surface area contributed by atoms with Gasteiger partial charge in [-0.2, -0.15) is 0 Å². The first-order valence-electron chi connectivity index (χ1n) is 8.38. The summed E-state index contributed by atoms with van der Waals surface area (Å²) in [7, 11) is 0. The molecule has 0 saturated heterocycles. The van der Waals surface area contributed by atoms with Crippen molar-refractivity contribution in [1.29, 1.82) is 0 Å². The fourth-order valence-electron chi connectivity index (χ4n) is 2.33. The van der Waals surface area contributed by atoms with Gasteiger partial charge in [-0.3, -0.25) is 4.79 Å². The molecule has 1 amide bonds. The van der Waals surface area contributed by atoms with Crippen molar-refractivity contribution >= 4 is 24.0 Å². The molecule has 0 heterocycles. The lowest BCUT2D eigenvalue weighted by Crippen LogP contribution is -2.27. The number of rotatable bonds is 8. The van der Waals surface area contributed by atoms with Gasteiger partial charge < -0.3 is 15.8 Å². The molecule has 0 radical (unpaired) electrons. The molecule has 0 spiro atoms. The molecule has 0 saturated carbocycles. The SMILES string of the molecule is CC(C)c1ccc(OCCC(=O)NCCc2ccc(N)cc2)cc1.Cl. The van der Waals surface area contributed by atoms with E-state index in [0.717, 1.165) is 23.4 Å². The summed E-state index contributed by atoms with van der Waals surface area (Å²) in [5.74, 6) is 1.31. The molecule has 3 N–H and O–H groups in total. The highest BCUT2D eigenvalue weighted by molar-refractivity contribution is 5.85. The number of hydrogen-bond donors (Lipinski definition) is 2. The quantitative estimate of drug-likeness (QED) is 0.699. The number of carbonyl (C=O) groups is 1. The second-order valence-electron chi connectivity index (χ2n) is 6.16. The van der Waals surface area contributed by atoms with Gasteiger partial charge in [0.15, 0.2) is 0 Å². The minimum atomic E-state index is 0. The lowest BCUT2D eigenvalue weighted by molar-refractivity contribution is -0.121. The van der Waals surface area contributed by atoms with E-state index in [9.17, 15) is 4.79 Å². The van der Waals surface area contributed by atoms with Crippen LogP contribution in [-0.2, 0) is 11.2 Å². The van der Waals surface area contributed by atoms with Gasteiger partial charge in [-0.25, -0.2) is 0 Å². The zero-order chi connectivity index (χ0) is 17.4. The van der Waals surface area contributed by atoms with Crippen molar-refractivity contribution in [2.45, 2.75) is 32.6 Å². The summed E-state index contributed by atoms with van der Waals surface area (Å²) in [6.45, 7) is 5.32. The van der Waals surface area contributed by atoms with Gasteiger partial charge in [0.2, 0.25) is 5.91 Å². The first-order chi connectivity index (χ1) is 11.5. The maximum absolute atomic E-state index is 11.8. The Labute approximate surface area is 156 Å². The van der Waals surface area contributed by atoms with Crippen LogP contribution in [0, 0.1) is 0 Å². The molecule has 0 aliphatic heterocycles. The van der Waals surface area contributed by atoms with Crippen molar-refractivity contribution in [3.8, 4) is 5.75 Å². The van der Waals surface area contributed by atoms with E-state index in [-0.39, 0.29) is 18.3 Å². The minimum absolute atomic E-state index is 0. The number of nitrogens with one attached hydrogen (secondary N) is 1. The summed E-state index contributed by atoms with van der Waals surface area (Å²) >= 11 is 0. The van der Waals surface area contributed by atoms with E-state index in [1.54, 1.807) is 0 Å². The first-order valence-corrected chi connectivity index (χ1v) is 8.38. The number of halogens is 1. The van der Waals surface area contributed by atoms with Gasteiger partial charge in [-0.15, -0.1) is 12.4 Å². The number of nitrogens with two attached hydrogens (primary N) is 1. The van der Waals surface area contributed by atoms with E-state index in [2.05, 4.69) is 31.3 Å². The van der Waals surface area contributed by atoms with Crippen LogP contribution in [0.2, 0.25) is 0 Å². The molecule has 4 nitrogen and oxygen atoms in total. The monoisotopic (exact) mass is 362 g/mol. The molecule has 0 fully saturated rings.